The molecule has 0 bridgehead atoms. The van der Waals surface area contributed by atoms with Gasteiger partial charge < -0.3 is 4.74 Å². The van der Waals surface area contributed by atoms with Crippen LogP contribution in [-0.2, 0) is 9.53 Å². The van der Waals surface area contributed by atoms with Crippen LogP contribution in [0.4, 0.5) is 0 Å². The van der Waals surface area contributed by atoms with Crippen molar-refractivity contribution in [2.24, 2.45) is 0 Å². The average molecular weight is 243 g/mol. The van der Waals surface area contributed by atoms with Gasteiger partial charge in [-0.3, -0.25) is 0 Å². The first kappa shape index (κ1) is 14.0. The van der Waals surface area contributed by atoms with Crippen LogP contribution >= 0.6 is 0 Å². The van der Waals surface area contributed by atoms with E-state index in [0.717, 1.165) is 11.1 Å². The third-order valence-electron chi connectivity index (χ3n) is 2.19. The van der Waals surface area contributed by atoms with E-state index in [1.54, 1.807) is 18.2 Å². The molecule has 0 atom stereocenters. The third-order valence-corrected chi connectivity index (χ3v) is 2.19. The lowest BCUT2D eigenvalue weighted by molar-refractivity contribution is -0.148. The molecule has 94 valence electrons. The molecule has 0 fully saturated rings. The maximum atomic E-state index is 11.6. The normalized spacial score (nSPS) is 11.8. The predicted octanol–water partition coefficient (Wildman–Crippen LogP) is 3.30. The van der Waals surface area contributed by atoms with Crippen molar-refractivity contribution in [2.75, 3.05) is 0 Å². The van der Waals surface area contributed by atoms with E-state index < -0.39 is 5.60 Å². The largest absolute Gasteiger partial charge is 0.457 e. The number of hydrogen-bond acceptors (Lipinski definition) is 3. The fraction of sp³-hybridized carbons (Fsp3) is 0.333. The molecule has 0 spiro atoms. The summed E-state index contributed by atoms with van der Waals surface area (Å²) in [6.07, 6.45) is 1.45. The maximum absolute atomic E-state index is 11.6. The first-order valence-electron chi connectivity index (χ1n) is 5.73. The third kappa shape index (κ3) is 4.42. The van der Waals surface area contributed by atoms with Crippen molar-refractivity contribution in [3.05, 3.63) is 41.5 Å². The summed E-state index contributed by atoms with van der Waals surface area (Å²) in [6.45, 7) is 7.29. The number of nitriles is 1. The standard InChI is InChI=1S/C15H17NO2/c1-11(8-14(17)18-15(2,3)4)13-7-5-6-12(9-13)10-16/h5-9H,1-4H3. The van der Waals surface area contributed by atoms with Gasteiger partial charge in [-0.25, -0.2) is 4.79 Å². The molecule has 0 heterocycles. The van der Waals surface area contributed by atoms with Gasteiger partial charge in [0.1, 0.15) is 5.60 Å². The van der Waals surface area contributed by atoms with Crippen molar-refractivity contribution in [1.29, 1.82) is 5.26 Å². The van der Waals surface area contributed by atoms with Crippen LogP contribution in [-0.4, -0.2) is 11.6 Å². The van der Waals surface area contributed by atoms with Gasteiger partial charge in [0.25, 0.3) is 0 Å². The van der Waals surface area contributed by atoms with E-state index in [4.69, 9.17) is 10.00 Å². The Balaban J connectivity index is 2.89. The van der Waals surface area contributed by atoms with Gasteiger partial charge in [0.05, 0.1) is 11.6 Å². The second-order valence-corrected chi connectivity index (χ2v) is 5.05. The molecular formula is C15H17NO2. The van der Waals surface area contributed by atoms with Crippen molar-refractivity contribution in [3.8, 4) is 6.07 Å². The minimum absolute atomic E-state index is 0.373. The lowest BCUT2D eigenvalue weighted by Gasteiger charge is -2.18. The van der Waals surface area contributed by atoms with Crippen LogP contribution in [0.5, 0.6) is 0 Å². The lowest BCUT2D eigenvalue weighted by Crippen LogP contribution is -2.22. The van der Waals surface area contributed by atoms with E-state index in [9.17, 15) is 4.79 Å². The Kier molecular flexibility index (Phi) is 4.28. The van der Waals surface area contributed by atoms with Gasteiger partial charge in [-0.2, -0.15) is 5.26 Å². The lowest BCUT2D eigenvalue weighted by atomic mass is 10.0. The first-order chi connectivity index (χ1) is 8.31. The number of esters is 1. The summed E-state index contributed by atoms with van der Waals surface area (Å²) in [5.41, 5.74) is 1.70. The number of rotatable bonds is 2. The van der Waals surface area contributed by atoms with Crippen LogP contribution < -0.4 is 0 Å². The molecule has 0 unspecified atom stereocenters. The molecule has 18 heavy (non-hydrogen) atoms. The van der Waals surface area contributed by atoms with E-state index in [-0.39, 0.29) is 5.97 Å². The van der Waals surface area contributed by atoms with Crippen molar-refractivity contribution < 1.29 is 9.53 Å². The minimum atomic E-state index is -0.498. The number of ether oxygens (including phenoxy) is 1. The van der Waals surface area contributed by atoms with Gasteiger partial charge in [0.15, 0.2) is 0 Å². The molecule has 0 aliphatic heterocycles. The highest BCUT2D eigenvalue weighted by molar-refractivity contribution is 5.91. The van der Waals surface area contributed by atoms with E-state index in [1.807, 2.05) is 33.8 Å². The Morgan fingerprint density at radius 2 is 2.06 bits per heavy atom. The molecule has 3 heteroatoms. The zero-order valence-electron chi connectivity index (χ0n) is 11.2. The molecule has 0 radical (unpaired) electrons. The van der Waals surface area contributed by atoms with E-state index >= 15 is 0 Å². The molecule has 1 aromatic carbocycles. The van der Waals surface area contributed by atoms with Crippen LogP contribution in [0.2, 0.25) is 0 Å². The van der Waals surface area contributed by atoms with E-state index in [2.05, 4.69) is 6.07 Å². The summed E-state index contributed by atoms with van der Waals surface area (Å²) in [7, 11) is 0. The summed E-state index contributed by atoms with van der Waals surface area (Å²) in [5.74, 6) is -0.373. The number of carbonyl (C=O) groups excluding carboxylic acids is 1. The van der Waals surface area contributed by atoms with Crippen LogP contribution in [0.1, 0.15) is 38.8 Å². The van der Waals surface area contributed by atoms with Crippen LogP contribution in [0, 0.1) is 11.3 Å². The monoisotopic (exact) mass is 243 g/mol. The van der Waals surface area contributed by atoms with Crippen LogP contribution in [0.25, 0.3) is 5.57 Å². The number of allylic oxidation sites excluding steroid dienone is 1. The molecule has 1 rings (SSSR count). The van der Waals surface area contributed by atoms with E-state index in [0.29, 0.717) is 5.56 Å². The molecule has 0 aliphatic carbocycles. The zero-order chi connectivity index (χ0) is 13.8. The quantitative estimate of drug-likeness (QED) is 0.591. The Morgan fingerprint density at radius 3 is 2.61 bits per heavy atom. The van der Waals surface area contributed by atoms with Crippen LogP contribution in [0.3, 0.4) is 0 Å². The topological polar surface area (TPSA) is 50.1 Å². The summed E-state index contributed by atoms with van der Waals surface area (Å²) in [4.78, 5) is 11.6. The molecular weight excluding hydrogens is 226 g/mol. The molecule has 0 saturated heterocycles. The molecule has 3 nitrogen and oxygen atoms in total. The Labute approximate surface area is 108 Å². The number of benzene rings is 1. The Morgan fingerprint density at radius 1 is 1.39 bits per heavy atom. The maximum Gasteiger partial charge on any atom is 0.331 e. The fourth-order valence-electron chi connectivity index (χ4n) is 1.43. The highest BCUT2D eigenvalue weighted by Gasteiger charge is 2.14. The van der Waals surface area contributed by atoms with Crippen molar-refractivity contribution >= 4 is 11.5 Å². The number of carbonyl (C=O) groups is 1. The fourth-order valence-corrected chi connectivity index (χ4v) is 1.43. The average Bonchev–Trinajstić information content (AvgIpc) is 2.26. The molecule has 0 aliphatic rings. The van der Waals surface area contributed by atoms with Gasteiger partial charge in [0, 0.05) is 6.08 Å². The van der Waals surface area contributed by atoms with Gasteiger partial charge in [-0.15, -0.1) is 0 Å². The molecule has 1 aromatic rings. The SMILES string of the molecule is CC(=CC(=O)OC(C)(C)C)c1cccc(C#N)c1. The summed E-state index contributed by atoms with van der Waals surface area (Å²) >= 11 is 0. The summed E-state index contributed by atoms with van der Waals surface area (Å²) in [5, 5.41) is 8.82. The van der Waals surface area contributed by atoms with Crippen molar-refractivity contribution in [1.82, 2.24) is 0 Å². The summed E-state index contributed by atoms with van der Waals surface area (Å²) in [6, 6.07) is 9.19. The Hall–Kier alpha value is -2.08. The molecule has 0 saturated carbocycles. The molecule has 0 N–H and O–H groups in total. The van der Waals surface area contributed by atoms with Gasteiger partial charge in [0.2, 0.25) is 0 Å². The molecule has 0 amide bonds. The highest BCUT2D eigenvalue weighted by atomic mass is 16.6. The second-order valence-electron chi connectivity index (χ2n) is 5.05. The van der Waals surface area contributed by atoms with Crippen molar-refractivity contribution in [3.63, 3.8) is 0 Å². The zero-order valence-corrected chi connectivity index (χ0v) is 11.2. The summed E-state index contributed by atoms with van der Waals surface area (Å²) < 4.78 is 5.21. The first-order valence-corrected chi connectivity index (χ1v) is 5.73. The van der Waals surface area contributed by atoms with Gasteiger partial charge >= 0.3 is 5.97 Å². The van der Waals surface area contributed by atoms with Crippen LogP contribution in [0.15, 0.2) is 30.3 Å². The smallest absolute Gasteiger partial charge is 0.331 e. The van der Waals surface area contributed by atoms with Gasteiger partial charge in [-0.05, 0) is 51.0 Å². The van der Waals surface area contributed by atoms with Gasteiger partial charge in [-0.1, -0.05) is 12.1 Å². The molecule has 0 aromatic heterocycles. The van der Waals surface area contributed by atoms with E-state index in [1.165, 1.54) is 6.08 Å². The number of hydrogen-bond donors (Lipinski definition) is 0. The predicted molar refractivity (Wildman–Crippen MR) is 70.7 cm³/mol. The second kappa shape index (κ2) is 5.50. The van der Waals surface area contributed by atoms with Crippen molar-refractivity contribution in [2.45, 2.75) is 33.3 Å². The number of nitrogens with zero attached hydrogens (tertiary/aromatic N) is 1. The Bertz CT molecular complexity index is 516. The minimum Gasteiger partial charge on any atom is -0.457 e. The highest BCUT2D eigenvalue weighted by Crippen LogP contribution is 2.16.